The van der Waals surface area contributed by atoms with Gasteiger partial charge in [-0.3, -0.25) is 10.1 Å². The fourth-order valence-corrected chi connectivity index (χ4v) is 3.35. The largest absolute Gasteiger partial charge is 0.380 e. The molecular weight excluding hydrogens is 272 g/mol. The van der Waals surface area contributed by atoms with Crippen molar-refractivity contribution in [2.45, 2.75) is 51.9 Å². The minimum Gasteiger partial charge on any atom is -0.380 e. The van der Waals surface area contributed by atoms with Crippen molar-refractivity contribution in [1.82, 2.24) is 10.2 Å². The van der Waals surface area contributed by atoms with Crippen LogP contribution in [0, 0.1) is 0 Å². The van der Waals surface area contributed by atoms with Gasteiger partial charge >= 0.3 is 0 Å². The highest BCUT2D eigenvalue weighted by Gasteiger charge is 2.41. The minimum absolute atomic E-state index is 0.0132. The summed E-state index contributed by atoms with van der Waals surface area (Å²) in [6, 6.07) is 2.11. The lowest BCUT2D eigenvalue weighted by Crippen LogP contribution is -2.41. The van der Waals surface area contributed by atoms with Crippen LogP contribution in [0.3, 0.4) is 0 Å². The number of nitrogens with zero attached hydrogens (tertiary/aromatic N) is 1. The summed E-state index contributed by atoms with van der Waals surface area (Å²) in [5, 5.41) is 7.65. The van der Waals surface area contributed by atoms with Crippen molar-refractivity contribution in [3.63, 3.8) is 0 Å². The molecular formula is C15H24N2O2S. The molecule has 3 unspecified atom stereocenters. The molecule has 2 heterocycles. The quantitative estimate of drug-likeness (QED) is 0.841. The fraction of sp³-hybridized carbons (Fsp3) is 0.667. The Morgan fingerprint density at radius 3 is 2.90 bits per heavy atom. The van der Waals surface area contributed by atoms with Gasteiger partial charge < -0.3 is 9.64 Å². The van der Waals surface area contributed by atoms with Crippen LogP contribution in [-0.4, -0.2) is 36.1 Å². The maximum atomic E-state index is 12.6. The molecule has 0 spiro atoms. The SMILES string of the molecule is CCCC1NC(c2ccsc2)N(C(C)COCC)C1=O. The molecule has 1 aromatic rings. The molecule has 0 aromatic carbocycles. The van der Waals surface area contributed by atoms with E-state index in [1.54, 1.807) is 11.3 Å². The lowest BCUT2D eigenvalue weighted by atomic mass is 10.1. The third-order valence-corrected chi connectivity index (χ3v) is 4.37. The number of ether oxygens (including phenoxy) is 1. The van der Waals surface area contributed by atoms with Gasteiger partial charge in [0, 0.05) is 6.61 Å². The molecule has 5 heteroatoms. The Morgan fingerprint density at radius 2 is 2.30 bits per heavy atom. The maximum absolute atomic E-state index is 12.6. The average Bonchev–Trinajstić information content (AvgIpc) is 3.05. The highest BCUT2D eigenvalue weighted by atomic mass is 32.1. The summed E-state index contributed by atoms with van der Waals surface area (Å²) in [6.45, 7) is 7.42. The Hall–Kier alpha value is -0.910. The van der Waals surface area contributed by atoms with Gasteiger partial charge in [0.15, 0.2) is 0 Å². The average molecular weight is 296 g/mol. The van der Waals surface area contributed by atoms with E-state index < -0.39 is 0 Å². The monoisotopic (exact) mass is 296 g/mol. The predicted molar refractivity (Wildman–Crippen MR) is 81.7 cm³/mol. The van der Waals surface area contributed by atoms with Crippen LogP contribution in [0.25, 0.3) is 0 Å². The first-order valence-electron chi connectivity index (χ1n) is 7.37. The Bertz CT molecular complexity index is 422. The molecule has 1 saturated heterocycles. The standard InChI is InChI=1S/C15H24N2O2S/c1-4-6-13-15(18)17(11(3)9-19-5-2)14(16-13)12-7-8-20-10-12/h7-8,10-11,13-14,16H,4-6,9H2,1-3H3. The van der Waals surface area contributed by atoms with Crippen molar-refractivity contribution in [3.05, 3.63) is 22.4 Å². The van der Waals surface area contributed by atoms with E-state index in [-0.39, 0.29) is 24.2 Å². The lowest BCUT2D eigenvalue weighted by Gasteiger charge is -2.29. The van der Waals surface area contributed by atoms with E-state index in [9.17, 15) is 4.79 Å². The molecule has 1 aliphatic heterocycles. The molecule has 3 atom stereocenters. The van der Waals surface area contributed by atoms with Gasteiger partial charge in [-0.25, -0.2) is 0 Å². The number of amides is 1. The van der Waals surface area contributed by atoms with Gasteiger partial charge in [0.1, 0.15) is 6.17 Å². The summed E-state index contributed by atoms with van der Waals surface area (Å²) in [7, 11) is 0. The van der Waals surface area contributed by atoms with Gasteiger partial charge in [0.2, 0.25) is 5.91 Å². The van der Waals surface area contributed by atoms with Crippen molar-refractivity contribution in [1.29, 1.82) is 0 Å². The highest BCUT2D eigenvalue weighted by Crippen LogP contribution is 2.30. The molecule has 1 fully saturated rings. The summed E-state index contributed by atoms with van der Waals surface area (Å²) in [6.07, 6.45) is 1.88. The first kappa shape index (κ1) is 15.5. The number of carbonyl (C=O) groups excluding carboxylic acids is 1. The van der Waals surface area contributed by atoms with Crippen molar-refractivity contribution in [2.75, 3.05) is 13.2 Å². The van der Waals surface area contributed by atoms with Crippen molar-refractivity contribution >= 4 is 17.2 Å². The molecule has 1 amide bonds. The zero-order valence-corrected chi connectivity index (χ0v) is 13.3. The highest BCUT2D eigenvalue weighted by molar-refractivity contribution is 7.07. The lowest BCUT2D eigenvalue weighted by molar-refractivity contribution is -0.133. The first-order valence-corrected chi connectivity index (χ1v) is 8.31. The zero-order chi connectivity index (χ0) is 14.5. The van der Waals surface area contributed by atoms with Crippen LogP contribution in [0.1, 0.15) is 45.3 Å². The molecule has 1 aliphatic rings. The molecule has 20 heavy (non-hydrogen) atoms. The molecule has 2 rings (SSSR count). The van der Waals surface area contributed by atoms with Crippen molar-refractivity contribution in [3.8, 4) is 0 Å². The van der Waals surface area contributed by atoms with Gasteiger partial charge in [-0.05, 0) is 42.7 Å². The number of hydrogen-bond donors (Lipinski definition) is 1. The minimum atomic E-state index is -0.0611. The van der Waals surface area contributed by atoms with Crippen molar-refractivity contribution in [2.24, 2.45) is 0 Å². The number of carbonyl (C=O) groups is 1. The molecule has 0 saturated carbocycles. The first-order chi connectivity index (χ1) is 9.69. The van der Waals surface area contributed by atoms with E-state index in [0.717, 1.165) is 12.8 Å². The molecule has 1 aromatic heterocycles. The second-order valence-electron chi connectivity index (χ2n) is 5.22. The Labute approximate surface area is 125 Å². The molecule has 112 valence electrons. The van der Waals surface area contributed by atoms with E-state index in [4.69, 9.17) is 4.74 Å². The molecule has 0 radical (unpaired) electrons. The van der Waals surface area contributed by atoms with Gasteiger partial charge in [-0.1, -0.05) is 13.3 Å². The Balaban J connectivity index is 2.16. The number of nitrogens with one attached hydrogen (secondary N) is 1. The predicted octanol–water partition coefficient (Wildman–Crippen LogP) is 2.77. The van der Waals surface area contributed by atoms with Crippen molar-refractivity contribution < 1.29 is 9.53 Å². The van der Waals surface area contributed by atoms with Gasteiger partial charge in [0.25, 0.3) is 0 Å². The third kappa shape index (κ3) is 3.22. The van der Waals surface area contributed by atoms with Crippen LogP contribution in [-0.2, 0) is 9.53 Å². The van der Waals surface area contributed by atoms with Gasteiger partial charge in [0.05, 0.1) is 18.7 Å². The molecule has 1 N–H and O–H groups in total. The summed E-state index contributed by atoms with van der Waals surface area (Å²) in [5.74, 6) is 0.204. The van der Waals surface area contributed by atoms with E-state index >= 15 is 0 Å². The van der Waals surface area contributed by atoms with Gasteiger partial charge in [-0.2, -0.15) is 11.3 Å². The maximum Gasteiger partial charge on any atom is 0.241 e. The van der Waals surface area contributed by atoms with E-state index in [1.165, 1.54) is 5.56 Å². The summed E-state index contributed by atoms with van der Waals surface area (Å²) in [5.41, 5.74) is 1.17. The Kier molecular flexibility index (Phi) is 5.57. The topological polar surface area (TPSA) is 41.6 Å². The van der Waals surface area contributed by atoms with Crippen LogP contribution < -0.4 is 5.32 Å². The summed E-state index contributed by atoms with van der Waals surface area (Å²) in [4.78, 5) is 14.6. The van der Waals surface area contributed by atoms with Crippen LogP contribution in [0.2, 0.25) is 0 Å². The third-order valence-electron chi connectivity index (χ3n) is 3.66. The van der Waals surface area contributed by atoms with E-state index in [2.05, 4.69) is 36.0 Å². The van der Waals surface area contributed by atoms with Gasteiger partial charge in [-0.15, -0.1) is 0 Å². The Morgan fingerprint density at radius 1 is 1.50 bits per heavy atom. The van der Waals surface area contributed by atoms with E-state index in [1.807, 2.05) is 11.8 Å². The zero-order valence-electron chi connectivity index (χ0n) is 12.5. The second kappa shape index (κ2) is 7.20. The number of thiophene rings is 1. The number of hydrogen-bond acceptors (Lipinski definition) is 4. The molecule has 4 nitrogen and oxygen atoms in total. The summed E-state index contributed by atoms with van der Waals surface area (Å²) < 4.78 is 5.50. The number of rotatable bonds is 7. The van der Waals surface area contributed by atoms with Crippen LogP contribution in [0.15, 0.2) is 16.8 Å². The molecule has 0 aliphatic carbocycles. The normalized spacial score (nSPS) is 24.4. The molecule has 0 bridgehead atoms. The van der Waals surface area contributed by atoms with Crippen LogP contribution in [0.5, 0.6) is 0 Å². The van der Waals surface area contributed by atoms with Crippen LogP contribution in [0.4, 0.5) is 0 Å². The second-order valence-corrected chi connectivity index (χ2v) is 6.00. The fourth-order valence-electron chi connectivity index (χ4n) is 2.67. The smallest absolute Gasteiger partial charge is 0.241 e. The van der Waals surface area contributed by atoms with E-state index in [0.29, 0.717) is 13.2 Å². The summed E-state index contributed by atoms with van der Waals surface area (Å²) >= 11 is 1.66. The van der Waals surface area contributed by atoms with Crippen LogP contribution >= 0.6 is 11.3 Å².